The van der Waals surface area contributed by atoms with Crippen LogP contribution in [0.15, 0.2) is 53.5 Å². The van der Waals surface area contributed by atoms with Gasteiger partial charge in [-0.05, 0) is 93.2 Å². The minimum atomic E-state index is -0.510. The van der Waals surface area contributed by atoms with Crippen molar-refractivity contribution in [2.45, 2.75) is 70.0 Å². The first kappa shape index (κ1) is 31.3. The molecule has 0 unspecified atom stereocenters. The van der Waals surface area contributed by atoms with Crippen molar-refractivity contribution >= 4 is 39.6 Å². The minimum Gasteiger partial charge on any atom is -0.365 e. The van der Waals surface area contributed by atoms with Gasteiger partial charge in [-0.25, -0.2) is 9.18 Å². The first-order chi connectivity index (χ1) is 20.7. The van der Waals surface area contributed by atoms with E-state index in [1.54, 1.807) is 24.4 Å². The molecule has 8 nitrogen and oxygen atoms in total. The lowest BCUT2D eigenvalue weighted by atomic mass is 9.92. The molecule has 0 spiro atoms. The molecule has 1 saturated heterocycles. The maximum absolute atomic E-state index is 15.1. The molecule has 3 heterocycles. The van der Waals surface area contributed by atoms with Crippen LogP contribution in [0.3, 0.4) is 0 Å². The Kier molecular flexibility index (Phi) is 10.2. The number of nitrogens with one attached hydrogen (secondary N) is 4. The number of aryl methyl sites for hydroxylation is 1. The number of hydrogen-bond donors (Lipinski definition) is 5. The quantitative estimate of drug-likeness (QED) is 0.104. The van der Waals surface area contributed by atoms with E-state index in [4.69, 9.17) is 22.7 Å². The van der Waals surface area contributed by atoms with Crippen molar-refractivity contribution in [3.63, 3.8) is 0 Å². The monoisotopic (exact) mass is 623 g/mol. The normalized spacial score (nSPS) is 17.7. The Hall–Kier alpha value is -3.18. The van der Waals surface area contributed by atoms with E-state index in [1.165, 1.54) is 21.9 Å². The summed E-state index contributed by atoms with van der Waals surface area (Å²) in [5.74, 6) is -0.510. The Bertz CT molecular complexity index is 1640. The topological polar surface area (TPSA) is 125 Å². The number of hydrogen-bond acceptors (Lipinski definition) is 6. The maximum atomic E-state index is 15.1. The van der Waals surface area contributed by atoms with Crippen LogP contribution in [0, 0.1) is 11.2 Å². The van der Waals surface area contributed by atoms with E-state index >= 15 is 4.39 Å². The third-order valence-corrected chi connectivity index (χ3v) is 8.88. The van der Waals surface area contributed by atoms with Crippen molar-refractivity contribution in [3.05, 3.63) is 81.1 Å². The average Bonchev–Trinajstić information content (AvgIpc) is 3.41. The maximum Gasteiger partial charge on any atom is 0.354 e. The van der Waals surface area contributed by atoms with Gasteiger partial charge in [-0.2, -0.15) is 4.98 Å². The van der Waals surface area contributed by atoms with Crippen molar-refractivity contribution < 1.29 is 4.39 Å². The molecular weight excluding hydrogens is 585 g/mol. The number of H-pyrrole nitrogens is 1. The van der Waals surface area contributed by atoms with Crippen LogP contribution in [-0.2, 0) is 6.42 Å². The average molecular weight is 624 g/mol. The van der Waals surface area contributed by atoms with Crippen LogP contribution in [0.25, 0.3) is 28.0 Å². The first-order valence-electron chi connectivity index (χ1n) is 14.8. The number of benzene rings is 2. The molecule has 2 aromatic carbocycles. The predicted octanol–water partition coefficient (Wildman–Crippen LogP) is 6.30. The van der Waals surface area contributed by atoms with Crippen molar-refractivity contribution in [2.75, 3.05) is 12.8 Å². The van der Waals surface area contributed by atoms with Gasteiger partial charge in [0.05, 0.1) is 16.4 Å². The Balaban J connectivity index is 1.33. The second-order valence-corrected chi connectivity index (χ2v) is 12.6. The molecule has 0 aliphatic carbocycles. The molecule has 4 aromatic rings. The SMILES string of the molecule is CSC(=N)NCC[C@@H]1CCC[C@@H](c2ccc(-n3cc4cc(-c5cc(CCC[C@H](C)N)cc(Cl)c5F)[nH]c4nc3=O)cc2)N1. The van der Waals surface area contributed by atoms with E-state index in [-0.39, 0.29) is 17.1 Å². The summed E-state index contributed by atoms with van der Waals surface area (Å²) in [5.41, 5.74) is 9.53. The van der Waals surface area contributed by atoms with E-state index in [1.807, 2.05) is 25.3 Å². The van der Waals surface area contributed by atoms with Crippen molar-refractivity contribution in [1.29, 1.82) is 5.41 Å². The number of nitrogens with zero attached hydrogens (tertiary/aromatic N) is 2. The van der Waals surface area contributed by atoms with Gasteiger partial charge in [-0.15, -0.1) is 0 Å². The molecule has 11 heteroatoms. The van der Waals surface area contributed by atoms with Gasteiger partial charge >= 0.3 is 5.69 Å². The highest BCUT2D eigenvalue weighted by Gasteiger charge is 2.22. The summed E-state index contributed by atoms with van der Waals surface area (Å²) in [6.07, 6.45) is 10.4. The van der Waals surface area contributed by atoms with Gasteiger partial charge in [0.25, 0.3) is 0 Å². The summed E-state index contributed by atoms with van der Waals surface area (Å²) in [7, 11) is 0. The number of halogens is 2. The number of amidine groups is 1. The number of thioether (sulfide) groups is 1. The van der Waals surface area contributed by atoms with Gasteiger partial charge in [0.1, 0.15) is 5.65 Å². The van der Waals surface area contributed by atoms with Gasteiger partial charge in [0.2, 0.25) is 0 Å². The third kappa shape index (κ3) is 7.67. The molecular formula is C32H39ClFN7OS. The lowest BCUT2D eigenvalue weighted by molar-refractivity contribution is 0.312. The summed E-state index contributed by atoms with van der Waals surface area (Å²) in [6, 6.07) is 14.0. The van der Waals surface area contributed by atoms with Crippen LogP contribution in [0.2, 0.25) is 5.02 Å². The number of aromatic amines is 1. The lowest BCUT2D eigenvalue weighted by Crippen LogP contribution is -2.39. The Morgan fingerprint density at radius 3 is 2.81 bits per heavy atom. The fourth-order valence-corrected chi connectivity index (χ4v) is 6.24. The summed E-state index contributed by atoms with van der Waals surface area (Å²) in [6.45, 7) is 2.75. The van der Waals surface area contributed by atoms with Crippen molar-refractivity contribution in [1.82, 2.24) is 25.2 Å². The lowest BCUT2D eigenvalue weighted by Gasteiger charge is -2.31. The molecule has 0 saturated carbocycles. The zero-order chi connectivity index (χ0) is 30.5. The van der Waals surface area contributed by atoms with Crippen LogP contribution < -0.4 is 22.1 Å². The molecule has 43 heavy (non-hydrogen) atoms. The fraction of sp³-hybridized carbons (Fsp3) is 0.406. The molecule has 0 bridgehead atoms. The van der Waals surface area contributed by atoms with Gasteiger partial charge in [-0.3, -0.25) is 9.98 Å². The second-order valence-electron chi connectivity index (χ2n) is 11.4. The molecule has 5 rings (SSSR count). The number of fused-ring (bicyclic) bond motifs is 1. The second kappa shape index (κ2) is 14.1. The molecule has 1 aliphatic heterocycles. The molecule has 1 fully saturated rings. The Morgan fingerprint density at radius 1 is 1.28 bits per heavy atom. The van der Waals surface area contributed by atoms with Crippen LogP contribution in [0.5, 0.6) is 0 Å². The van der Waals surface area contributed by atoms with E-state index in [2.05, 4.69) is 32.7 Å². The van der Waals surface area contributed by atoms with Gasteiger partial charge in [0, 0.05) is 41.8 Å². The Morgan fingerprint density at radius 2 is 2.07 bits per heavy atom. The van der Waals surface area contributed by atoms with Crippen LogP contribution in [0.1, 0.15) is 62.6 Å². The molecule has 6 N–H and O–H groups in total. The van der Waals surface area contributed by atoms with E-state index < -0.39 is 11.5 Å². The smallest absolute Gasteiger partial charge is 0.354 e. The van der Waals surface area contributed by atoms with E-state index in [0.29, 0.717) is 39.2 Å². The predicted molar refractivity (Wildman–Crippen MR) is 176 cm³/mol. The summed E-state index contributed by atoms with van der Waals surface area (Å²) < 4.78 is 16.6. The molecule has 0 amide bonds. The van der Waals surface area contributed by atoms with E-state index in [9.17, 15) is 4.79 Å². The summed E-state index contributed by atoms with van der Waals surface area (Å²) in [5, 5.41) is 15.9. The Labute approximate surface area is 260 Å². The van der Waals surface area contributed by atoms with Crippen LogP contribution >= 0.6 is 23.4 Å². The minimum absolute atomic E-state index is 0.0612. The highest BCUT2D eigenvalue weighted by molar-refractivity contribution is 8.13. The van der Waals surface area contributed by atoms with Gasteiger partial charge < -0.3 is 21.4 Å². The third-order valence-electron chi connectivity index (χ3n) is 8.05. The summed E-state index contributed by atoms with van der Waals surface area (Å²) in [4.78, 5) is 20.4. The van der Waals surface area contributed by atoms with Crippen molar-refractivity contribution in [3.8, 4) is 16.9 Å². The number of aromatic nitrogens is 3. The largest absolute Gasteiger partial charge is 0.365 e. The highest BCUT2D eigenvalue weighted by atomic mass is 35.5. The molecule has 2 aromatic heterocycles. The zero-order valence-electron chi connectivity index (χ0n) is 24.6. The van der Waals surface area contributed by atoms with E-state index in [0.717, 1.165) is 57.1 Å². The zero-order valence-corrected chi connectivity index (χ0v) is 26.1. The highest BCUT2D eigenvalue weighted by Crippen LogP contribution is 2.32. The molecule has 3 atom stereocenters. The number of rotatable bonds is 10. The van der Waals surface area contributed by atoms with Gasteiger partial charge in [0.15, 0.2) is 11.0 Å². The summed E-state index contributed by atoms with van der Waals surface area (Å²) >= 11 is 7.67. The van der Waals surface area contributed by atoms with Crippen LogP contribution in [0.4, 0.5) is 4.39 Å². The molecule has 1 aliphatic rings. The fourth-order valence-electron chi connectivity index (χ4n) is 5.75. The van der Waals surface area contributed by atoms with Crippen molar-refractivity contribution in [2.24, 2.45) is 5.73 Å². The van der Waals surface area contributed by atoms with Gasteiger partial charge in [-0.1, -0.05) is 41.9 Å². The number of nitrogens with two attached hydrogens (primary N) is 1. The first-order valence-corrected chi connectivity index (χ1v) is 16.4. The van der Waals surface area contributed by atoms with Crippen LogP contribution in [-0.4, -0.2) is 44.6 Å². The standard InChI is InChI=1S/C32H39ClFN7OS/c1-19(35)5-3-6-20-15-25(29(34)26(33)16-20)28-17-22-18-41(32(42)40-30(22)39-28)24-11-9-21(10-12-24)27-8-4-7-23(38-27)13-14-37-31(36)43-2/h9-12,15-19,23,27,38H,3-8,13-14,35H2,1-2H3,(H2,36,37)(H,39,40,42)/t19-,23-,27-/m0/s1. The molecule has 0 radical (unpaired) electrons. The molecule has 228 valence electrons. The number of piperidine rings is 1.